The van der Waals surface area contributed by atoms with Crippen molar-refractivity contribution in [2.45, 2.75) is 24.7 Å². The number of benzene rings is 1. The fraction of sp³-hybridized carbons (Fsp3) is 0.333. The van der Waals surface area contributed by atoms with Crippen LogP contribution in [-0.4, -0.2) is 8.42 Å². The first-order chi connectivity index (χ1) is 6.99. The molecule has 0 heterocycles. The Balaban J connectivity index is 3.44. The van der Waals surface area contributed by atoms with E-state index in [0.717, 1.165) is 0 Å². The Bertz CT molecular complexity index is 502. The smallest absolute Gasteiger partial charge is 0.216 e. The maximum atomic E-state index is 11.5. The first kappa shape index (κ1) is 11.6. The van der Waals surface area contributed by atoms with Gasteiger partial charge in [0.25, 0.3) is 10.0 Å². The van der Waals surface area contributed by atoms with Crippen molar-refractivity contribution in [3.63, 3.8) is 0 Å². The highest BCUT2D eigenvalue weighted by Crippen LogP contribution is 2.24. The highest BCUT2D eigenvalue weighted by molar-refractivity contribution is 7.90. The summed E-state index contributed by atoms with van der Waals surface area (Å²) in [6, 6.07) is 6.51. The van der Waals surface area contributed by atoms with Crippen LogP contribution in [0.1, 0.15) is 25.3 Å². The molecule has 0 aliphatic rings. The SMILES string of the molecule is CC(C)c1ccccc1S(=O)(=O)N=[N+]=[N-]. The molecule has 0 saturated carbocycles. The molecule has 0 aliphatic heterocycles. The molecule has 0 bridgehead atoms. The van der Waals surface area contributed by atoms with E-state index in [2.05, 4.69) is 9.43 Å². The quantitative estimate of drug-likeness (QED) is 0.450. The molecule has 0 radical (unpaired) electrons. The predicted octanol–water partition coefficient (Wildman–Crippen LogP) is 2.81. The highest BCUT2D eigenvalue weighted by atomic mass is 32.2. The normalized spacial score (nSPS) is 11.1. The summed E-state index contributed by atoms with van der Waals surface area (Å²) in [6.45, 7) is 3.76. The van der Waals surface area contributed by atoms with Crippen LogP contribution in [0.4, 0.5) is 0 Å². The molecule has 0 fully saturated rings. The van der Waals surface area contributed by atoms with Gasteiger partial charge < -0.3 is 0 Å². The standard InChI is InChI=1S/C9H11N3O2S/c1-7(2)8-5-3-4-6-9(8)15(13,14)12-11-10/h3-7H,1-2H3. The van der Waals surface area contributed by atoms with Crippen LogP contribution in [-0.2, 0) is 10.0 Å². The van der Waals surface area contributed by atoms with Gasteiger partial charge in [0.1, 0.15) is 0 Å². The second-order valence-electron chi connectivity index (χ2n) is 3.34. The van der Waals surface area contributed by atoms with Crippen LogP contribution in [0, 0.1) is 0 Å². The first-order valence-corrected chi connectivity index (χ1v) is 5.83. The Labute approximate surface area is 88.4 Å². The van der Waals surface area contributed by atoms with Gasteiger partial charge in [-0.15, -0.1) is 0 Å². The van der Waals surface area contributed by atoms with E-state index in [9.17, 15) is 8.42 Å². The van der Waals surface area contributed by atoms with Crippen molar-refractivity contribution in [2.24, 2.45) is 4.52 Å². The van der Waals surface area contributed by atoms with Crippen LogP contribution in [0.15, 0.2) is 33.7 Å². The Morgan fingerprint density at radius 3 is 2.47 bits per heavy atom. The van der Waals surface area contributed by atoms with E-state index in [4.69, 9.17) is 5.53 Å². The number of azide groups is 1. The first-order valence-electron chi connectivity index (χ1n) is 4.39. The zero-order valence-corrected chi connectivity index (χ0v) is 9.27. The maximum Gasteiger partial charge on any atom is 0.264 e. The second-order valence-corrected chi connectivity index (χ2v) is 4.89. The molecule has 1 aromatic carbocycles. The van der Waals surface area contributed by atoms with Gasteiger partial charge in [-0.25, -0.2) is 8.42 Å². The summed E-state index contributed by atoms with van der Waals surface area (Å²) in [4.78, 5) is 2.40. The molecule has 0 unspecified atom stereocenters. The van der Waals surface area contributed by atoms with Crippen LogP contribution < -0.4 is 0 Å². The number of nitrogens with zero attached hydrogens (tertiary/aromatic N) is 3. The number of hydrogen-bond acceptors (Lipinski definition) is 2. The van der Waals surface area contributed by atoms with Crippen LogP contribution in [0.3, 0.4) is 0 Å². The molecule has 0 aromatic heterocycles. The van der Waals surface area contributed by atoms with Crippen LogP contribution >= 0.6 is 0 Å². The van der Waals surface area contributed by atoms with Crippen molar-refractivity contribution < 1.29 is 8.42 Å². The maximum absolute atomic E-state index is 11.5. The van der Waals surface area contributed by atoms with Crippen molar-refractivity contribution >= 4 is 10.0 Å². The van der Waals surface area contributed by atoms with E-state index in [1.54, 1.807) is 18.2 Å². The molecule has 6 heteroatoms. The Morgan fingerprint density at radius 2 is 1.93 bits per heavy atom. The minimum atomic E-state index is -3.88. The fourth-order valence-electron chi connectivity index (χ4n) is 1.28. The van der Waals surface area contributed by atoms with Crippen molar-refractivity contribution in [1.82, 2.24) is 0 Å². The minimum Gasteiger partial charge on any atom is -0.216 e. The third-order valence-electron chi connectivity index (χ3n) is 1.96. The largest absolute Gasteiger partial charge is 0.264 e. The zero-order chi connectivity index (χ0) is 11.5. The van der Waals surface area contributed by atoms with Crippen molar-refractivity contribution in [1.29, 1.82) is 0 Å². The third-order valence-corrected chi connectivity index (χ3v) is 3.18. The molecule has 80 valence electrons. The summed E-state index contributed by atoms with van der Waals surface area (Å²) in [5.41, 5.74) is 8.83. The van der Waals surface area contributed by atoms with E-state index in [0.29, 0.717) is 5.56 Å². The molecular weight excluding hydrogens is 214 g/mol. The van der Waals surface area contributed by atoms with Gasteiger partial charge in [-0.05, 0) is 23.1 Å². The lowest BCUT2D eigenvalue weighted by molar-refractivity contribution is 0.595. The average Bonchev–Trinajstić information content (AvgIpc) is 2.17. The number of hydrogen-bond donors (Lipinski definition) is 0. The molecule has 0 N–H and O–H groups in total. The molecule has 0 aliphatic carbocycles. The van der Waals surface area contributed by atoms with Crippen LogP contribution in [0.2, 0.25) is 0 Å². The van der Waals surface area contributed by atoms with E-state index < -0.39 is 10.0 Å². The van der Waals surface area contributed by atoms with Gasteiger partial charge in [0.2, 0.25) is 0 Å². The van der Waals surface area contributed by atoms with Gasteiger partial charge >= 0.3 is 0 Å². The van der Waals surface area contributed by atoms with Crippen LogP contribution in [0.25, 0.3) is 10.4 Å². The summed E-state index contributed by atoms with van der Waals surface area (Å²) in [7, 11) is -3.88. The molecule has 0 saturated heterocycles. The lowest BCUT2D eigenvalue weighted by Gasteiger charge is -2.09. The lowest BCUT2D eigenvalue weighted by Crippen LogP contribution is -2.02. The predicted molar refractivity (Wildman–Crippen MR) is 56.9 cm³/mol. The lowest BCUT2D eigenvalue weighted by atomic mass is 10.0. The van der Waals surface area contributed by atoms with Gasteiger partial charge in [0, 0.05) is 9.43 Å². The average molecular weight is 225 g/mol. The minimum absolute atomic E-state index is 0.0601. The van der Waals surface area contributed by atoms with Gasteiger partial charge in [-0.1, -0.05) is 32.0 Å². The monoisotopic (exact) mass is 225 g/mol. The Kier molecular flexibility index (Phi) is 3.34. The number of sulfonamides is 1. The Hall–Kier alpha value is -1.52. The molecule has 1 aromatic rings. The summed E-state index contributed by atoms with van der Waals surface area (Å²) >= 11 is 0. The van der Waals surface area contributed by atoms with Crippen molar-refractivity contribution in [2.75, 3.05) is 0 Å². The van der Waals surface area contributed by atoms with Gasteiger partial charge in [-0.2, -0.15) is 0 Å². The highest BCUT2D eigenvalue weighted by Gasteiger charge is 2.17. The summed E-state index contributed by atoms with van der Waals surface area (Å²) in [5, 5.41) is 0. The van der Waals surface area contributed by atoms with E-state index in [1.807, 2.05) is 13.8 Å². The fourth-order valence-corrected chi connectivity index (χ4v) is 2.32. The Morgan fingerprint density at radius 1 is 1.33 bits per heavy atom. The summed E-state index contributed by atoms with van der Waals surface area (Å²) in [5.74, 6) is 0.0601. The third kappa shape index (κ3) is 2.49. The molecule has 0 amide bonds. The molecule has 5 nitrogen and oxygen atoms in total. The number of rotatable bonds is 3. The summed E-state index contributed by atoms with van der Waals surface area (Å²) in [6.07, 6.45) is 0. The van der Waals surface area contributed by atoms with Gasteiger partial charge in [-0.3, -0.25) is 0 Å². The molecule has 0 spiro atoms. The molecular formula is C9H11N3O2S. The molecule has 1 rings (SSSR count). The van der Waals surface area contributed by atoms with Crippen LogP contribution in [0.5, 0.6) is 0 Å². The van der Waals surface area contributed by atoms with Crippen molar-refractivity contribution in [3.05, 3.63) is 40.3 Å². The second kappa shape index (κ2) is 4.33. The zero-order valence-electron chi connectivity index (χ0n) is 8.45. The van der Waals surface area contributed by atoms with Gasteiger partial charge in [0.05, 0.1) is 4.90 Å². The molecule has 15 heavy (non-hydrogen) atoms. The topological polar surface area (TPSA) is 82.9 Å². The van der Waals surface area contributed by atoms with E-state index >= 15 is 0 Å². The summed E-state index contributed by atoms with van der Waals surface area (Å²) < 4.78 is 25.9. The van der Waals surface area contributed by atoms with Gasteiger partial charge in [0.15, 0.2) is 0 Å². The van der Waals surface area contributed by atoms with Crippen molar-refractivity contribution in [3.8, 4) is 0 Å². The van der Waals surface area contributed by atoms with E-state index in [-0.39, 0.29) is 10.8 Å². The van der Waals surface area contributed by atoms with E-state index in [1.165, 1.54) is 6.07 Å². The molecule has 0 atom stereocenters.